The summed E-state index contributed by atoms with van der Waals surface area (Å²) in [6, 6.07) is 7.78. The zero-order valence-electron chi connectivity index (χ0n) is 20.8. The monoisotopic (exact) mass is 481 g/mol. The first kappa shape index (κ1) is 25.0. The van der Waals surface area contributed by atoms with Crippen molar-refractivity contribution in [2.24, 2.45) is 11.8 Å². The van der Waals surface area contributed by atoms with Crippen molar-refractivity contribution < 1.29 is 23.8 Å². The SMILES string of the molecule is C=C(C)C(=O)OCCNC(=O)O[C@@H](c1ccnc2ccc(OC)cc12)C1CC2CCN1CC2CC. The van der Waals surface area contributed by atoms with Crippen molar-refractivity contribution in [1.82, 2.24) is 15.2 Å². The Kier molecular flexibility index (Phi) is 7.90. The Morgan fingerprint density at radius 1 is 1.31 bits per heavy atom. The van der Waals surface area contributed by atoms with E-state index < -0.39 is 18.2 Å². The molecule has 0 radical (unpaired) electrons. The van der Waals surface area contributed by atoms with Gasteiger partial charge in [-0.25, -0.2) is 9.59 Å². The molecule has 3 aliphatic heterocycles. The van der Waals surface area contributed by atoms with E-state index in [1.165, 1.54) is 6.42 Å². The van der Waals surface area contributed by atoms with E-state index in [0.717, 1.165) is 48.1 Å². The van der Waals surface area contributed by atoms with Crippen molar-refractivity contribution in [3.05, 3.63) is 48.2 Å². The van der Waals surface area contributed by atoms with Crippen LogP contribution in [0.15, 0.2) is 42.6 Å². The quantitative estimate of drug-likeness (QED) is 0.325. The van der Waals surface area contributed by atoms with E-state index in [2.05, 4.69) is 28.7 Å². The Labute approximate surface area is 206 Å². The molecule has 1 amide bonds. The molecule has 8 heteroatoms. The van der Waals surface area contributed by atoms with Crippen LogP contribution < -0.4 is 10.1 Å². The van der Waals surface area contributed by atoms with E-state index in [-0.39, 0.29) is 19.2 Å². The molecule has 4 heterocycles. The molecule has 8 nitrogen and oxygen atoms in total. The number of carbonyl (C=O) groups is 2. The number of nitrogens with one attached hydrogen (secondary N) is 1. The average molecular weight is 482 g/mol. The fraction of sp³-hybridized carbons (Fsp3) is 0.519. The summed E-state index contributed by atoms with van der Waals surface area (Å²) in [5.74, 6) is 1.57. The standard InChI is InChI=1S/C27H35N3O5/c1-5-18-16-30-12-9-19(18)14-24(30)25(35-27(32)29-11-13-34-26(31)17(2)3)21-8-10-28-23-7-6-20(33-4)15-22(21)23/h6-8,10,15,18-19,24-25H,2,5,9,11-14,16H2,1,3-4H3,(H,29,32)/t18?,19?,24?,25-/m0/s1. The fourth-order valence-electron chi connectivity index (χ4n) is 5.41. The van der Waals surface area contributed by atoms with E-state index >= 15 is 0 Å². The molecule has 3 aliphatic rings. The van der Waals surface area contributed by atoms with Crippen molar-refractivity contribution in [2.75, 3.05) is 33.4 Å². The number of methoxy groups -OCH3 is 1. The van der Waals surface area contributed by atoms with Gasteiger partial charge in [-0.05, 0) is 62.4 Å². The molecule has 1 aromatic carbocycles. The van der Waals surface area contributed by atoms with E-state index in [1.54, 1.807) is 20.2 Å². The van der Waals surface area contributed by atoms with Crippen LogP contribution in [-0.4, -0.2) is 61.3 Å². The largest absolute Gasteiger partial charge is 0.497 e. The van der Waals surface area contributed by atoms with Crippen LogP contribution in [0, 0.1) is 11.8 Å². The number of hydrogen-bond donors (Lipinski definition) is 1. The van der Waals surface area contributed by atoms with Crippen LogP contribution in [0.25, 0.3) is 10.9 Å². The highest BCUT2D eigenvalue weighted by atomic mass is 16.6. The van der Waals surface area contributed by atoms with E-state index in [4.69, 9.17) is 14.2 Å². The van der Waals surface area contributed by atoms with Crippen molar-refractivity contribution in [3.63, 3.8) is 0 Å². The minimum Gasteiger partial charge on any atom is -0.497 e. The molecule has 188 valence electrons. The number of amides is 1. The Morgan fingerprint density at radius 2 is 2.14 bits per heavy atom. The van der Waals surface area contributed by atoms with E-state index in [1.807, 2.05) is 24.3 Å². The van der Waals surface area contributed by atoms with Crippen LogP contribution in [-0.2, 0) is 14.3 Å². The van der Waals surface area contributed by atoms with Crippen LogP contribution >= 0.6 is 0 Å². The summed E-state index contributed by atoms with van der Waals surface area (Å²) in [7, 11) is 1.63. The minimum atomic E-state index is -0.538. The zero-order chi connectivity index (χ0) is 24.9. The summed E-state index contributed by atoms with van der Waals surface area (Å²) >= 11 is 0. The lowest BCUT2D eigenvalue weighted by molar-refractivity contribution is -0.138. The zero-order valence-corrected chi connectivity index (χ0v) is 20.8. The number of benzene rings is 1. The number of aromatic nitrogens is 1. The highest BCUT2D eigenvalue weighted by Crippen LogP contribution is 2.44. The molecule has 4 unspecified atom stereocenters. The predicted molar refractivity (Wildman–Crippen MR) is 133 cm³/mol. The number of nitrogens with zero attached hydrogens (tertiary/aromatic N) is 2. The first-order valence-corrected chi connectivity index (χ1v) is 12.3. The number of alkyl carbamates (subject to hydrolysis) is 1. The Balaban J connectivity index is 1.57. The van der Waals surface area contributed by atoms with Gasteiger partial charge in [-0.15, -0.1) is 0 Å². The van der Waals surface area contributed by atoms with Crippen LogP contribution in [0.5, 0.6) is 5.75 Å². The van der Waals surface area contributed by atoms with Gasteiger partial charge < -0.3 is 19.5 Å². The number of ether oxygens (including phenoxy) is 3. The van der Waals surface area contributed by atoms with Gasteiger partial charge in [0.1, 0.15) is 18.5 Å². The molecular formula is C27H35N3O5. The van der Waals surface area contributed by atoms with Crippen LogP contribution in [0.3, 0.4) is 0 Å². The third kappa shape index (κ3) is 5.59. The van der Waals surface area contributed by atoms with Gasteiger partial charge >= 0.3 is 12.1 Å². The summed E-state index contributed by atoms with van der Waals surface area (Å²) in [5, 5.41) is 3.64. The van der Waals surface area contributed by atoms with Gasteiger partial charge in [-0.1, -0.05) is 19.9 Å². The summed E-state index contributed by atoms with van der Waals surface area (Å²) in [6.07, 6.45) is 4.10. The smallest absolute Gasteiger partial charge is 0.407 e. The highest BCUT2D eigenvalue weighted by molar-refractivity contribution is 5.87. The maximum atomic E-state index is 12.9. The number of hydrogen-bond acceptors (Lipinski definition) is 7. The minimum absolute atomic E-state index is 0.0522. The number of piperidine rings is 3. The molecule has 5 atom stereocenters. The highest BCUT2D eigenvalue weighted by Gasteiger charge is 2.44. The fourth-order valence-corrected chi connectivity index (χ4v) is 5.41. The van der Waals surface area contributed by atoms with Crippen LogP contribution in [0.2, 0.25) is 0 Å². The van der Waals surface area contributed by atoms with Gasteiger partial charge in [0.05, 0.1) is 25.2 Å². The number of carbonyl (C=O) groups excluding carboxylic acids is 2. The molecular weight excluding hydrogens is 446 g/mol. The topological polar surface area (TPSA) is 90.0 Å². The van der Waals surface area contributed by atoms with Gasteiger partial charge in [0.25, 0.3) is 0 Å². The number of rotatable bonds is 9. The van der Waals surface area contributed by atoms with Crippen molar-refractivity contribution in [1.29, 1.82) is 0 Å². The summed E-state index contributed by atoms with van der Waals surface area (Å²) in [4.78, 5) is 31.4. The molecule has 0 saturated carbocycles. The maximum Gasteiger partial charge on any atom is 0.407 e. The van der Waals surface area contributed by atoms with Crippen LogP contribution in [0.1, 0.15) is 44.8 Å². The third-order valence-corrected chi connectivity index (χ3v) is 7.29. The average Bonchev–Trinajstić information content (AvgIpc) is 2.89. The van der Waals surface area contributed by atoms with Crippen molar-refractivity contribution in [2.45, 2.75) is 45.3 Å². The van der Waals surface area contributed by atoms with Gasteiger partial charge in [-0.2, -0.15) is 0 Å². The molecule has 3 saturated heterocycles. The summed E-state index contributed by atoms with van der Waals surface area (Å²) in [5.41, 5.74) is 2.06. The Morgan fingerprint density at radius 3 is 2.83 bits per heavy atom. The lowest BCUT2D eigenvalue weighted by atomic mass is 9.72. The number of fused-ring (bicyclic) bond motifs is 4. The van der Waals surface area contributed by atoms with Crippen LogP contribution in [0.4, 0.5) is 4.79 Å². The molecule has 35 heavy (non-hydrogen) atoms. The molecule has 1 N–H and O–H groups in total. The van der Waals surface area contributed by atoms with Crippen molar-refractivity contribution >= 4 is 23.0 Å². The summed E-state index contributed by atoms with van der Waals surface area (Å²) in [6.45, 7) is 9.64. The normalized spacial score (nSPS) is 24.0. The predicted octanol–water partition coefficient (Wildman–Crippen LogP) is 4.25. The first-order chi connectivity index (χ1) is 16.9. The molecule has 5 rings (SSSR count). The van der Waals surface area contributed by atoms with Gasteiger partial charge in [0, 0.05) is 29.3 Å². The molecule has 3 fully saturated rings. The van der Waals surface area contributed by atoms with Gasteiger partial charge in [0.15, 0.2) is 0 Å². The molecule has 0 spiro atoms. The molecule has 2 bridgehead atoms. The Bertz CT molecular complexity index is 1090. The second-order valence-corrected chi connectivity index (χ2v) is 9.47. The van der Waals surface area contributed by atoms with Gasteiger partial charge in [-0.3, -0.25) is 9.88 Å². The lowest BCUT2D eigenvalue weighted by Gasteiger charge is -2.51. The van der Waals surface area contributed by atoms with Gasteiger partial charge in [0.2, 0.25) is 0 Å². The Hall–Kier alpha value is -3.13. The lowest BCUT2D eigenvalue weighted by Crippen LogP contribution is -2.56. The van der Waals surface area contributed by atoms with E-state index in [0.29, 0.717) is 17.4 Å². The first-order valence-electron chi connectivity index (χ1n) is 12.3. The van der Waals surface area contributed by atoms with Crippen molar-refractivity contribution in [3.8, 4) is 5.75 Å². The molecule has 1 aromatic heterocycles. The second-order valence-electron chi connectivity index (χ2n) is 9.47. The summed E-state index contributed by atoms with van der Waals surface area (Å²) < 4.78 is 16.6. The maximum absolute atomic E-state index is 12.9. The molecule has 0 aliphatic carbocycles. The molecule has 2 aromatic rings. The number of esters is 1. The van der Waals surface area contributed by atoms with E-state index in [9.17, 15) is 9.59 Å². The second kappa shape index (κ2) is 11.1. The third-order valence-electron chi connectivity index (χ3n) is 7.29. The number of pyridine rings is 1.